The summed E-state index contributed by atoms with van der Waals surface area (Å²) in [6, 6.07) is 8.93. The number of hydrogen-bond donors (Lipinski definition) is 1. The van der Waals surface area contributed by atoms with E-state index >= 15 is 0 Å². The van der Waals surface area contributed by atoms with Crippen LogP contribution in [0.5, 0.6) is 0 Å². The molecule has 27 heavy (non-hydrogen) atoms. The molecule has 0 spiro atoms. The van der Waals surface area contributed by atoms with Crippen molar-refractivity contribution in [3.05, 3.63) is 46.3 Å². The lowest BCUT2D eigenvalue weighted by Crippen LogP contribution is -2.58. The van der Waals surface area contributed by atoms with E-state index in [1.54, 1.807) is 12.1 Å². The Kier molecular flexibility index (Phi) is 5.30. The predicted molar refractivity (Wildman–Crippen MR) is 106 cm³/mol. The molecule has 0 unspecified atom stereocenters. The van der Waals surface area contributed by atoms with E-state index in [1.165, 1.54) is 38.5 Å². The molecule has 0 atom stereocenters. The van der Waals surface area contributed by atoms with Gasteiger partial charge >= 0.3 is 5.63 Å². The van der Waals surface area contributed by atoms with Crippen LogP contribution in [0.3, 0.4) is 0 Å². The van der Waals surface area contributed by atoms with Gasteiger partial charge in [0.05, 0.1) is 0 Å². The average molecular weight is 368 g/mol. The van der Waals surface area contributed by atoms with Gasteiger partial charge in [-0.3, -0.25) is 9.69 Å². The van der Waals surface area contributed by atoms with Crippen LogP contribution in [0.15, 0.2) is 39.5 Å². The number of likely N-dealkylation sites (tertiary alicyclic amines) is 1. The minimum absolute atomic E-state index is 0.0470. The van der Waals surface area contributed by atoms with Gasteiger partial charge in [-0.2, -0.15) is 0 Å². The number of nitrogens with one attached hydrogen (secondary N) is 1. The molecule has 0 bridgehead atoms. The number of piperidine rings is 1. The van der Waals surface area contributed by atoms with Gasteiger partial charge < -0.3 is 9.73 Å². The number of para-hydroxylation sites is 1. The van der Waals surface area contributed by atoms with Gasteiger partial charge in [0.25, 0.3) is 5.91 Å². The van der Waals surface area contributed by atoms with Gasteiger partial charge in [-0.15, -0.1) is 0 Å². The van der Waals surface area contributed by atoms with Crippen LogP contribution in [0.1, 0.15) is 61.7 Å². The first-order chi connectivity index (χ1) is 13.2. The fourth-order valence-electron chi connectivity index (χ4n) is 4.74. The molecule has 2 aromatic rings. The predicted octanol–water partition coefficient (Wildman–Crippen LogP) is 3.71. The third kappa shape index (κ3) is 3.79. The fourth-order valence-corrected chi connectivity index (χ4v) is 4.74. The van der Waals surface area contributed by atoms with Crippen LogP contribution in [0.2, 0.25) is 0 Å². The molecular formula is C22H28N2O3. The van der Waals surface area contributed by atoms with Crippen molar-refractivity contribution in [1.29, 1.82) is 0 Å². The molecule has 2 fully saturated rings. The van der Waals surface area contributed by atoms with E-state index in [0.29, 0.717) is 12.1 Å². The van der Waals surface area contributed by atoms with E-state index in [1.807, 2.05) is 18.2 Å². The average Bonchev–Trinajstić information content (AvgIpc) is 2.73. The molecule has 1 aromatic heterocycles. The highest BCUT2D eigenvalue weighted by Crippen LogP contribution is 2.35. The third-order valence-electron chi connectivity index (χ3n) is 6.28. The van der Waals surface area contributed by atoms with Crippen LogP contribution in [0, 0.1) is 0 Å². The van der Waals surface area contributed by atoms with Gasteiger partial charge in [0.2, 0.25) is 0 Å². The number of fused-ring (bicyclic) bond motifs is 1. The van der Waals surface area contributed by atoms with E-state index in [4.69, 9.17) is 4.42 Å². The maximum atomic E-state index is 12.8. The second kappa shape index (κ2) is 7.85. The quantitative estimate of drug-likeness (QED) is 0.836. The molecule has 1 saturated carbocycles. The highest BCUT2D eigenvalue weighted by atomic mass is 16.4. The van der Waals surface area contributed by atoms with E-state index < -0.39 is 5.63 Å². The zero-order valence-corrected chi connectivity index (χ0v) is 15.8. The maximum absolute atomic E-state index is 12.8. The van der Waals surface area contributed by atoms with Gasteiger partial charge in [-0.25, -0.2) is 4.79 Å². The Morgan fingerprint density at radius 1 is 1.04 bits per heavy atom. The van der Waals surface area contributed by atoms with Gasteiger partial charge in [0.15, 0.2) is 0 Å². The molecule has 4 rings (SSSR count). The zero-order valence-electron chi connectivity index (χ0n) is 15.8. The molecule has 1 aliphatic heterocycles. The summed E-state index contributed by atoms with van der Waals surface area (Å²) in [4.78, 5) is 27.7. The normalized spacial score (nSPS) is 20.4. The lowest BCUT2D eigenvalue weighted by molar-refractivity contribution is 0.0326. The number of nitrogens with zero attached hydrogens (tertiary/aromatic N) is 1. The molecule has 144 valence electrons. The number of carbonyl (C=O) groups excluding carboxylic acids is 1. The Morgan fingerprint density at radius 2 is 1.74 bits per heavy atom. The zero-order chi connectivity index (χ0) is 18.7. The van der Waals surface area contributed by atoms with Crippen molar-refractivity contribution in [3.63, 3.8) is 0 Å². The minimum atomic E-state index is -0.568. The van der Waals surface area contributed by atoms with Crippen molar-refractivity contribution >= 4 is 16.9 Å². The van der Waals surface area contributed by atoms with Gasteiger partial charge in [0, 0.05) is 17.5 Å². The summed E-state index contributed by atoms with van der Waals surface area (Å²) >= 11 is 0. The number of amides is 1. The lowest BCUT2D eigenvalue weighted by atomic mass is 9.79. The van der Waals surface area contributed by atoms with Crippen molar-refractivity contribution in [3.8, 4) is 0 Å². The molecule has 1 saturated heterocycles. The summed E-state index contributed by atoms with van der Waals surface area (Å²) in [5.74, 6) is -0.323. The Balaban J connectivity index is 1.53. The number of rotatable bonds is 4. The van der Waals surface area contributed by atoms with Gasteiger partial charge in [-0.1, -0.05) is 43.9 Å². The van der Waals surface area contributed by atoms with Crippen LogP contribution in [-0.2, 0) is 0 Å². The first kappa shape index (κ1) is 18.2. The van der Waals surface area contributed by atoms with E-state index in [2.05, 4.69) is 10.2 Å². The number of carbonyl (C=O) groups is 1. The standard InChI is InChI=1S/C22H28N2O3/c25-20(18-15-17-9-3-4-10-19(17)27-21(18)26)23-16-22(11-5-1-6-12-22)24-13-7-2-8-14-24/h3-4,9-10,15H,1-2,5-8,11-14,16H2,(H,23,25). The molecule has 2 heterocycles. The second-order valence-corrected chi connectivity index (χ2v) is 8.00. The van der Waals surface area contributed by atoms with E-state index in [9.17, 15) is 9.59 Å². The van der Waals surface area contributed by atoms with Crippen LogP contribution >= 0.6 is 0 Å². The molecule has 5 heteroatoms. The second-order valence-electron chi connectivity index (χ2n) is 8.00. The largest absolute Gasteiger partial charge is 0.422 e. The topological polar surface area (TPSA) is 62.6 Å². The summed E-state index contributed by atoms with van der Waals surface area (Å²) in [7, 11) is 0. The van der Waals surface area contributed by atoms with E-state index in [-0.39, 0.29) is 17.0 Å². The Hall–Kier alpha value is -2.14. The van der Waals surface area contributed by atoms with Crippen molar-refractivity contribution in [2.75, 3.05) is 19.6 Å². The Bertz CT molecular complexity index is 861. The molecule has 1 amide bonds. The third-order valence-corrected chi connectivity index (χ3v) is 6.28. The summed E-state index contributed by atoms with van der Waals surface area (Å²) in [5, 5.41) is 3.84. The van der Waals surface area contributed by atoms with Crippen LogP contribution < -0.4 is 10.9 Å². The molecule has 2 aliphatic rings. The highest BCUT2D eigenvalue weighted by molar-refractivity contribution is 5.96. The maximum Gasteiger partial charge on any atom is 0.349 e. The van der Waals surface area contributed by atoms with Crippen molar-refractivity contribution < 1.29 is 9.21 Å². The highest BCUT2D eigenvalue weighted by Gasteiger charge is 2.38. The molecule has 1 N–H and O–H groups in total. The van der Waals surface area contributed by atoms with Crippen molar-refractivity contribution in [2.45, 2.75) is 56.9 Å². The molecule has 1 aliphatic carbocycles. The van der Waals surface area contributed by atoms with E-state index in [0.717, 1.165) is 31.3 Å². The number of benzene rings is 1. The monoisotopic (exact) mass is 368 g/mol. The molecule has 5 nitrogen and oxygen atoms in total. The van der Waals surface area contributed by atoms with Crippen molar-refractivity contribution in [1.82, 2.24) is 10.2 Å². The van der Waals surface area contributed by atoms with Crippen LogP contribution in [0.4, 0.5) is 0 Å². The first-order valence-corrected chi connectivity index (χ1v) is 10.2. The minimum Gasteiger partial charge on any atom is -0.422 e. The molecular weight excluding hydrogens is 340 g/mol. The first-order valence-electron chi connectivity index (χ1n) is 10.2. The Morgan fingerprint density at radius 3 is 2.52 bits per heavy atom. The summed E-state index contributed by atoms with van der Waals surface area (Å²) in [6.07, 6.45) is 9.73. The lowest BCUT2D eigenvalue weighted by Gasteiger charge is -2.48. The van der Waals surface area contributed by atoms with Crippen LogP contribution in [-0.4, -0.2) is 36.0 Å². The van der Waals surface area contributed by atoms with Gasteiger partial charge in [0.1, 0.15) is 11.1 Å². The number of hydrogen-bond acceptors (Lipinski definition) is 4. The van der Waals surface area contributed by atoms with Crippen molar-refractivity contribution in [2.24, 2.45) is 0 Å². The Labute approximate surface area is 159 Å². The smallest absolute Gasteiger partial charge is 0.349 e. The fraction of sp³-hybridized carbons (Fsp3) is 0.545. The summed E-state index contributed by atoms with van der Waals surface area (Å²) in [5.41, 5.74) is 0.0852. The summed E-state index contributed by atoms with van der Waals surface area (Å²) in [6.45, 7) is 2.85. The molecule has 1 aromatic carbocycles. The summed E-state index contributed by atoms with van der Waals surface area (Å²) < 4.78 is 5.32. The SMILES string of the molecule is O=C(NCC1(N2CCCCC2)CCCCC1)c1cc2ccccc2oc1=O. The molecule has 0 radical (unpaired) electrons. The van der Waals surface area contributed by atoms with Gasteiger partial charge in [-0.05, 0) is 50.9 Å². The van der Waals surface area contributed by atoms with Crippen LogP contribution in [0.25, 0.3) is 11.0 Å².